The molecule has 6 heteroatoms. The lowest BCUT2D eigenvalue weighted by Crippen LogP contribution is -2.36. The molecular weight excluding hydrogens is 592 g/mol. The Morgan fingerprint density at radius 2 is 1.46 bits per heavy atom. The Balaban J connectivity index is 1.21. The summed E-state index contributed by atoms with van der Waals surface area (Å²) >= 11 is 0. The van der Waals surface area contributed by atoms with Gasteiger partial charge in [0.15, 0.2) is 12.0 Å². The van der Waals surface area contributed by atoms with Crippen molar-refractivity contribution >= 4 is 66.8 Å². The number of fused-ring (bicyclic) bond motifs is 5. The second kappa shape index (κ2) is 11.1. The van der Waals surface area contributed by atoms with E-state index in [4.69, 9.17) is 24.6 Å². The number of nitrogens with zero attached hydrogens (tertiary/aromatic N) is 2. The van der Waals surface area contributed by atoms with Crippen molar-refractivity contribution in [2.75, 3.05) is 5.73 Å². The lowest BCUT2D eigenvalue weighted by molar-refractivity contribution is 0.636. The minimum Gasteiger partial charge on any atom is -0.456 e. The Morgan fingerprint density at radius 3 is 2.33 bits per heavy atom. The van der Waals surface area contributed by atoms with Crippen molar-refractivity contribution in [2.45, 2.75) is 13.1 Å². The molecule has 2 aromatic heterocycles. The van der Waals surface area contributed by atoms with Gasteiger partial charge in [-0.05, 0) is 64.7 Å². The van der Waals surface area contributed by atoms with Crippen molar-refractivity contribution in [2.24, 2.45) is 9.98 Å². The Labute approximate surface area is 276 Å². The van der Waals surface area contributed by atoms with E-state index >= 15 is 0 Å². The number of aliphatic imine (C=N–C) groups is 2. The van der Waals surface area contributed by atoms with Crippen LogP contribution in [-0.4, -0.2) is 11.7 Å². The summed E-state index contributed by atoms with van der Waals surface area (Å²) in [6, 6.07) is 45.4. The van der Waals surface area contributed by atoms with Crippen LogP contribution in [0.15, 0.2) is 158 Å². The van der Waals surface area contributed by atoms with Gasteiger partial charge in [0.05, 0.1) is 5.56 Å². The predicted molar refractivity (Wildman–Crippen MR) is 197 cm³/mol. The standard InChI is InChI=1S/C42H30N4O2/c1-2-30(38-32-22-21-28(24-36(32)48-39(38)43)25-11-4-3-5-12-25)41-44-40(29-20-19-26-13-6-7-14-27(26)23-29)45-42(46-41)33-16-10-18-35-37(33)31-15-8-9-17-34(31)47-35/h2-24,40H,43H2,1H3,(H,44,45,46)/b30-2+. The van der Waals surface area contributed by atoms with Crippen LogP contribution in [0.2, 0.25) is 0 Å². The zero-order valence-electron chi connectivity index (χ0n) is 26.1. The van der Waals surface area contributed by atoms with Crippen LogP contribution in [0.1, 0.15) is 29.8 Å². The first-order valence-electron chi connectivity index (χ1n) is 16.0. The molecule has 0 saturated carbocycles. The van der Waals surface area contributed by atoms with Gasteiger partial charge in [0.1, 0.15) is 28.4 Å². The van der Waals surface area contributed by atoms with Crippen molar-refractivity contribution in [3.8, 4) is 11.1 Å². The summed E-state index contributed by atoms with van der Waals surface area (Å²) in [7, 11) is 0. The molecule has 1 atom stereocenters. The van der Waals surface area contributed by atoms with Gasteiger partial charge in [-0.2, -0.15) is 0 Å². The number of furan rings is 2. The molecule has 0 saturated heterocycles. The first-order chi connectivity index (χ1) is 23.6. The van der Waals surface area contributed by atoms with Gasteiger partial charge in [-0.3, -0.25) is 0 Å². The Hall–Kier alpha value is -6.40. The van der Waals surface area contributed by atoms with Crippen molar-refractivity contribution in [1.82, 2.24) is 5.32 Å². The number of hydrogen-bond donors (Lipinski definition) is 2. The lowest BCUT2D eigenvalue weighted by Gasteiger charge is -2.24. The van der Waals surface area contributed by atoms with Crippen LogP contribution in [0.4, 0.5) is 5.88 Å². The van der Waals surface area contributed by atoms with Crippen LogP contribution in [0.5, 0.6) is 0 Å². The number of nitrogen functional groups attached to an aromatic ring is 1. The number of para-hydroxylation sites is 1. The fraction of sp³-hybridized carbons (Fsp3) is 0.0476. The molecule has 3 heterocycles. The third-order valence-electron chi connectivity index (χ3n) is 9.11. The first-order valence-corrected chi connectivity index (χ1v) is 16.0. The Kier molecular flexibility index (Phi) is 6.47. The molecule has 3 N–H and O–H groups in total. The van der Waals surface area contributed by atoms with E-state index in [0.29, 0.717) is 23.1 Å². The minimum atomic E-state index is -0.506. The quantitative estimate of drug-likeness (QED) is 0.200. The SMILES string of the molecule is C/C=C(/C1=NC(c2ccc3ccccc3c2)N=C(c2cccc3oc4ccccc4c23)N1)c1c(N)oc2cc(-c3ccccc3)ccc12. The highest BCUT2D eigenvalue weighted by Gasteiger charge is 2.27. The van der Waals surface area contributed by atoms with Crippen LogP contribution in [-0.2, 0) is 0 Å². The molecule has 0 fully saturated rings. The molecule has 0 amide bonds. The average Bonchev–Trinajstić information content (AvgIpc) is 3.68. The number of hydrogen-bond acceptors (Lipinski definition) is 6. The highest BCUT2D eigenvalue weighted by Crippen LogP contribution is 2.39. The van der Waals surface area contributed by atoms with E-state index in [1.807, 2.05) is 67.6 Å². The molecule has 1 aliphatic rings. The molecule has 0 aliphatic carbocycles. The fourth-order valence-electron chi connectivity index (χ4n) is 6.82. The van der Waals surface area contributed by atoms with Gasteiger partial charge in [0.25, 0.3) is 0 Å². The van der Waals surface area contributed by atoms with E-state index in [0.717, 1.165) is 66.1 Å². The maximum absolute atomic E-state index is 6.67. The second-order valence-corrected chi connectivity index (χ2v) is 12.0. The van der Waals surface area contributed by atoms with E-state index in [1.54, 1.807) is 0 Å². The summed E-state index contributed by atoms with van der Waals surface area (Å²) in [5.74, 6) is 1.70. The summed E-state index contributed by atoms with van der Waals surface area (Å²) in [6.07, 6.45) is 1.53. The predicted octanol–water partition coefficient (Wildman–Crippen LogP) is 10.3. The molecule has 1 unspecified atom stereocenters. The fourth-order valence-corrected chi connectivity index (χ4v) is 6.82. The van der Waals surface area contributed by atoms with Crippen molar-refractivity contribution < 1.29 is 8.83 Å². The van der Waals surface area contributed by atoms with Crippen LogP contribution < -0.4 is 11.1 Å². The van der Waals surface area contributed by atoms with E-state index in [2.05, 4.69) is 84.2 Å². The molecule has 0 bridgehead atoms. The highest BCUT2D eigenvalue weighted by atomic mass is 16.3. The van der Waals surface area contributed by atoms with Crippen molar-refractivity contribution in [3.05, 3.63) is 156 Å². The van der Waals surface area contributed by atoms with Gasteiger partial charge in [-0.15, -0.1) is 0 Å². The molecule has 0 radical (unpaired) electrons. The van der Waals surface area contributed by atoms with Gasteiger partial charge in [0, 0.05) is 27.3 Å². The van der Waals surface area contributed by atoms with E-state index in [-0.39, 0.29) is 0 Å². The molecule has 8 aromatic rings. The molecule has 230 valence electrons. The number of allylic oxidation sites excluding steroid dienone is 1. The summed E-state index contributed by atoms with van der Waals surface area (Å²) in [4.78, 5) is 10.5. The van der Waals surface area contributed by atoms with E-state index in [9.17, 15) is 0 Å². The minimum absolute atomic E-state index is 0.335. The number of nitrogens with one attached hydrogen (secondary N) is 1. The monoisotopic (exact) mass is 622 g/mol. The summed E-state index contributed by atoms with van der Waals surface area (Å²) in [5.41, 5.74) is 14.7. The van der Waals surface area contributed by atoms with Crippen molar-refractivity contribution in [1.29, 1.82) is 0 Å². The molecule has 6 aromatic carbocycles. The lowest BCUT2D eigenvalue weighted by atomic mass is 9.98. The van der Waals surface area contributed by atoms with Gasteiger partial charge in [-0.25, -0.2) is 9.98 Å². The van der Waals surface area contributed by atoms with Crippen molar-refractivity contribution in [3.63, 3.8) is 0 Å². The van der Waals surface area contributed by atoms with Gasteiger partial charge in [0.2, 0.25) is 0 Å². The second-order valence-electron chi connectivity index (χ2n) is 12.0. The molecule has 48 heavy (non-hydrogen) atoms. The zero-order valence-corrected chi connectivity index (χ0v) is 26.1. The third kappa shape index (κ3) is 4.57. The normalized spacial score (nSPS) is 15.2. The number of nitrogens with two attached hydrogens (primary N) is 1. The molecular formula is C42H30N4O2. The topological polar surface area (TPSA) is 89.0 Å². The van der Waals surface area contributed by atoms with Crippen LogP contribution >= 0.6 is 0 Å². The molecule has 6 nitrogen and oxygen atoms in total. The smallest absolute Gasteiger partial charge is 0.199 e. The molecule has 1 aliphatic heterocycles. The molecule has 9 rings (SSSR count). The van der Waals surface area contributed by atoms with Gasteiger partial charge in [-0.1, -0.05) is 109 Å². The van der Waals surface area contributed by atoms with E-state index < -0.39 is 6.17 Å². The highest BCUT2D eigenvalue weighted by molar-refractivity contribution is 6.33. The summed E-state index contributed by atoms with van der Waals surface area (Å²) < 4.78 is 12.5. The van der Waals surface area contributed by atoms with Crippen LogP contribution in [0.3, 0.4) is 0 Å². The maximum Gasteiger partial charge on any atom is 0.199 e. The van der Waals surface area contributed by atoms with Gasteiger partial charge >= 0.3 is 0 Å². The average molecular weight is 623 g/mol. The van der Waals surface area contributed by atoms with Crippen LogP contribution in [0.25, 0.3) is 60.4 Å². The zero-order chi connectivity index (χ0) is 32.2. The Bertz CT molecular complexity index is 2620. The van der Waals surface area contributed by atoms with Gasteiger partial charge < -0.3 is 19.9 Å². The van der Waals surface area contributed by atoms with Crippen LogP contribution in [0, 0.1) is 0 Å². The number of amidine groups is 2. The Morgan fingerprint density at radius 1 is 0.667 bits per heavy atom. The summed E-state index contributed by atoms with van der Waals surface area (Å²) in [6.45, 7) is 2.00. The molecule has 0 spiro atoms. The number of rotatable bonds is 5. The number of anilines is 1. The largest absolute Gasteiger partial charge is 0.456 e. The number of benzene rings is 6. The first kappa shape index (κ1) is 27.9. The van der Waals surface area contributed by atoms with E-state index in [1.165, 1.54) is 5.39 Å². The third-order valence-corrected chi connectivity index (χ3v) is 9.11. The summed E-state index contributed by atoms with van der Waals surface area (Å²) in [5, 5.41) is 8.87. The maximum atomic E-state index is 6.67.